The molecule has 2 aromatic rings. The SMILES string of the molecule is CCCCCn1c(COc2ccc(C)cc2)c(C(=O)O)sc1=O. The van der Waals surface area contributed by atoms with E-state index in [-0.39, 0.29) is 16.4 Å². The molecule has 1 aromatic heterocycles. The van der Waals surface area contributed by atoms with Crippen LogP contribution in [-0.4, -0.2) is 15.6 Å². The van der Waals surface area contributed by atoms with E-state index in [1.165, 1.54) is 4.57 Å². The van der Waals surface area contributed by atoms with Gasteiger partial charge in [-0.1, -0.05) is 48.8 Å². The summed E-state index contributed by atoms with van der Waals surface area (Å²) in [5.41, 5.74) is 1.57. The fourth-order valence-corrected chi connectivity index (χ4v) is 3.14. The number of aromatic nitrogens is 1. The van der Waals surface area contributed by atoms with E-state index in [9.17, 15) is 14.7 Å². The van der Waals surface area contributed by atoms with Crippen LogP contribution in [0.1, 0.15) is 47.1 Å². The summed E-state index contributed by atoms with van der Waals surface area (Å²) in [4.78, 5) is 23.3. The van der Waals surface area contributed by atoms with Crippen LogP contribution in [0.25, 0.3) is 0 Å². The molecule has 1 aromatic carbocycles. The number of aryl methyl sites for hydroxylation is 1. The Balaban J connectivity index is 2.21. The Labute approximate surface area is 139 Å². The molecule has 0 spiro atoms. The van der Waals surface area contributed by atoms with Gasteiger partial charge in [-0.2, -0.15) is 0 Å². The molecule has 0 radical (unpaired) electrons. The first-order valence-electron chi connectivity index (χ1n) is 7.68. The number of nitrogens with zero attached hydrogens (tertiary/aromatic N) is 1. The van der Waals surface area contributed by atoms with Gasteiger partial charge < -0.3 is 9.84 Å². The standard InChI is InChI=1S/C17H21NO4S/c1-3-4-5-10-18-14(15(16(19)20)23-17(18)21)11-22-13-8-6-12(2)7-9-13/h6-9H,3-5,10-11H2,1-2H3,(H,19,20). The van der Waals surface area contributed by atoms with Gasteiger partial charge in [0.05, 0.1) is 5.69 Å². The van der Waals surface area contributed by atoms with Gasteiger partial charge >= 0.3 is 10.8 Å². The normalized spacial score (nSPS) is 10.7. The molecule has 124 valence electrons. The molecule has 0 fully saturated rings. The molecule has 0 amide bonds. The lowest BCUT2D eigenvalue weighted by Crippen LogP contribution is -2.18. The highest BCUT2D eigenvalue weighted by atomic mass is 32.1. The van der Waals surface area contributed by atoms with Crippen molar-refractivity contribution in [3.8, 4) is 5.75 Å². The largest absolute Gasteiger partial charge is 0.487 e. The number of carboxylic acid groups (broad SMARTS) is 1. The lowest BCUT2D eigenvalue weighted by atomic mass is 10.2. The van der Waals surface area contributed by atoms with Crippen molar-refractivity contribution in [2.45, 2.75) is 46.3 Å². The van der Waals surface area contributed by atoms with E-state index < -0.39 is 5.97 Å². The minimum absolute atomic E-state index is 0.0682. The fraction of sp³-hybridized carbons (Fsp3) is 0.412. The van der Waals surface area contributed by atoms with E-state index in [4.69, 9.17) is 4.74 Å². The summed E-state index contributed by atoms with van der Waals surface area (Å²) in [6, 6.07) is 7.52. The van der Waals surface area contributed by atoms with Gasteiger partial charge in [-0.15, -0.1) is 0 Å². The van der Waals surface area contributed by atoms with Crippen molar-refractivity contribution in [1.82, 2.24) is 4.57 Å². The van der Waals surface area contributed by atoms with Gasteiger partial charge in [-0.3, -0.25) is 9.36 Å². The molecule has 23 heavy (non-hydrogen) atoms. The molecule has 0 unspecified atom stereocenters. The van der Waals surface area contributed by atoms with E-state index >= 15 is 0 Å². The summed E-state index contributed by atoms with van der Waals surface area (Å²) in [5.74, 6) is -0.422. The third-order valence-corrected chi connectivity index (χ3v) is 4.58. The van der Waals surface area contributed by atoms with E-state index in [0.717, 1.165) is 36.2 Å². The van der Waals surface area contributed by atoms with Gasteiger partial charge in [-0.25, -0.2) is 4.79 Å². The van der Waals surface area contributed by atoms with E-state index in [1.54, 1.807) is 0 Å². The number of aromatic carboxylic acids is 1. The van der Waals surface area contributed by atoms with Crippen LogP contribution in [0.5, 0.6) is 5.75 Å². The summed E-state index contributed by atoms with van der Waals surface area (Å²) < 4.78 is 7.22. The van der Waals surface area contributed by atoms with E-state index in [1.807, 2.05) is 31.2 Å². The van der Waals surface area contributed by atoms with Crippen molar-refractivity contribution >= 4 is 17.3 Å². The highest BCUT2D eigenvalue weighted by Crippen LogP contribution is 2.18. The van der Waals surface area contributed by atoms with Gasteiger partial charge in [-0.05, 0) is 25.5 Å². The van der Waals surface area contributed by atoms with Crippen molar-refractivity contribution in [3.63, 3.8) is 0 Å². The first-order valence-corrected chi connectivity index (χ1v) is 8.49. The van der Waals surface area contributed by atoms with Gasteiger partial charge in [0, 0.05) is 6.54 Å². The maximum Gasteiger partial charge on any atom is 0.348 e. The number of carbonyl (C=O) groups is 1. The predicted octanol–water partition coefficient (Wildman–Crippen LogP) is 3.69. The van der Waals surface area contributed by atoms with Gasteiger partial charge in [0.2, 0.25) is 0 Å². The second-order valence-corrected chi connectivity index (χ2v) is 6.37. The Morgan fingerprint density at radius 3 is 2.57 bits per heavy atom. The zero-order valence-corrected chi connectivity index (χ0v) is 14.2. The van der Waals surface area contributed by atoms with Crippen LogP contribution in [0, 0.1) is 6.92 Å². The Bertz CT molecular complexity index is 715. The lowest BCUT2D eigenvalue weighted by Gasteiger charge is -2.10. The third-order valence-electron chi connectivity index (χ3n) is 3.57. The molecule has 0 atom stereocenters. The van der Waals surface area contributed by atoms with Crippen molar-refractivity contribution < 1.29 is 14.6 Å². The zero-order chi connectivity index (χ0) is 16.8. The molecular formula is C17H21NO4S. The summed E-state index contributed by atoms with van der Waals surface area (Å²) in [6.07, 6.45) is 2.90. The highest BCUT2D eigenvalue weighted by Gasteiger charge is 2.20. The molecule has 1 N–H and O–H groups in total. The Morgan fingerprint density at radius 1 is 1.26 bits per heavy atom. The predicted molar refractivity (Wildman–Crippen MR) is 90.6 cm³/mol. The minimum atomic E-state index is -1.08. The molecule has 0 aliphatic rings. The number of hydrogen-bond donors (Lipinski definition) is 1. The Morgan fingerprint density at radius 2 is 1.96 bits per heavy atom. The van der Waals surface area contributed by atoms with Crippen LogP contribution < -0.4 is 9.61 Å². The molecule has 0 aliphatic carbocycles. The smallest absolute Gasteiger partial charge is 0.348 e. The molecule has 0 bridgehead atoms. The number of hydrogen-bond acceptors (Lipinski definition) is 4. The van der Waals surface area contributed by atoms with E-state index in [0.29, 0.717) is 18.0 Å². The summed E-state index contributed by atoms with van der Waals surface area (Å²) in [5, 5.41) is 9.31. The second-order valence-electron chi connectivity index (χ2n) is 5.41. The molecule has 6 heteroatoms. The Kier molecular flexibility index (Phi) is 5.98. The van der Waals surface area contributed by atoms with Crippen molar-refractivity contribution in [1.29, 1.82) is 0 Å². The monoisotopic (exact) mass is 335 g/mol. The van der Waals surface area contributed by atoms with Crippen LogP contribution in [-0.2, 0) is 13.2 Å². The fourth-order valence-electron chi connectivity index (χ4n) is 2.28. The molecular weight excluding hydrogens is 314 g/mol. The maximum absolute atomic E-state index is 12.1. The molecule has 0 saturated heterocycles. The van der Waals surface area contributed by atoms with Gasteiger partial charge in [0.1, 0.15) is 17.2 Å². The van der Waals surface area contributed by atoms with Gasteiger partial charge in [0.25, 0.3) is 0 Å². The Hall–Kier alpha value is -2.08. The summed E-state index contributed by atoms with van der Waals surface area (Å²) in [6.45, 7) is 4.68. The van der Waals surface area contributed by atoms with Crippen LogP contribution >= 0.6 is 11.3 Å². The molecule has 5 nitrogen and oxygen atoms in total. The third kappa shape index (κ3) is 4.45. The second kappa shape index (κ2) is 7.97. The van der Waals surface area contributed by atoms with Crippen LogP contribution in [0.15, 0.2) is 29.1 Å². The number of ether oxygens (including phenoxy) is 1. The molecule has 0 aliphatic heterocycles. The topological polar surface area (TPSA) is 68.5 Å². The average molecular weight is 335 g/mol. The zero-order valence-electron chi connectivity index (χ0n) is 13.4. The first kappa shape index (κ1) is 17.3. The minimum Gasteiger partial charge on any atom is -0.487 e. The summed E-state index contributed by atoms with van der Waals surface area (Å²) >= 11 is 0.773. The number of benzene rings is 1. The lowest BCUT2D eigenvalue weighted by molar-refractivity contribution is 0.0698. The van der Waals surface area contributed by atoms with Crippen molar-refractivity contribution in [3.05, 3.63) is 50.1 Å². The van der Waals surface area contributed by atoms with Crippen molar-refractivity contribution in [2.75, 3.05) is 0 Å². The number of rotatable bonds is 8. The van der Waals surface area contributed by atoms with Crippen molar-refractivity contribution in [2.24, 2.45) is 0 Å². The number of carboxylic acids is 1. The van der Waals surface area contributed by atoms with Crippen LogP contribution in [0.4, 0.5) is 0 Å². The highest BCUT2D eigenvalue weighted by molar-refractivity contribution is 7.11. The maximum atomic E-state index is 12.1. The average Bonchev–Trinajstić information content (AvgIpc) is 2.84. The molecule has 0 saturated carbocycles. The quantitative estimate of drug-likeness (QED) is 0.747. The number of thiazole rings is 1. The van der Waals surface area contributed by atoms with Gasteiger partial charge in [0.15, 0.2) is 0 Å². The first-order chi connectivity index (χ1) is 11.0. The molecule has 1 heterocycles. The number of unbranched alkanes of at least 4 members (excludes halogenated alkanes) is 2. The van der Waals surface area contributed by atoms with Crippen LogP contribution in [0.3, 0.4) is 0 Å². The summed E-state index contributed by atoms with van der Waals surface area (Å²) in [7, 11) is 0. The van der Waals surface area contributed by atoms with Crippen LogP contribution in [0.2, 0.25) is 0 Å². The van der Waals surface area contributed by atoms with E-state index in [2.05, 4.69) is 6.92 Å². The molecule has 2 rings (SSSR count).